The summed E-state index contributed by atoms with van der Waals surface area (Å²) in [5, 5.41) is 3.12. The fourth-order valence-electron chi connectivity index (χ4n) is 2.89. The van der Waals surface area contributed by atoms with Crippen molar-refractivity contribution in [1.29, 1.82) is 0 Å². The Morgan fingerprint density at radius 2 is 1.71 bits per heavy atom. The van der Waals surface area contributed by atoms with Gasteiger partial charge in [-0.2, -0.15) is 0 Å². The number of ether oxygens (including phenoxy) is 3. The molecule has 1 aliphatic heterocycles. The predicted octanol–water partition coefficient (Wildman–Crippen LogP) is 2.31. The molecule has 0 bridgehead atoms. The van der Waals surface area contributed by atoms with Crippen molar-refractivity contribution in [3.8, 4) is 17.2 Å². The van der Waals surface area contributed by atoms with Gasteiger partial charge in [0.1, 0.15) is 5.75 Å². The van der Waals surface area contributed by atoms with Crippen molar-refractivity contribution in [2.75, 3.05) is 21.3 Å². The molecule has 1 aliphatic rings. The summed E-state index contributed by atoms with van der Waals surface area (Å²) in [6, 6.07) is 3.76. The molecule has 5 nitrogen and oxygen atoms in total. The number of carbonyl (C=O) groups excluding carboxylic acids is 1. The van der Waals surface area contributed by atoms with E-state index in [1.54, 1.807) is 21.3 Å². The van der Waals surface area contributed by atoms with Crippen LogP contribution in [0.5, 0.6) is 17.2 Å². The number of rotatable bonds is 6. The first-order valence-corrected chi connectivity index (χ1v) is 7.17. The first-order valence-electron chi connectivity index (χ1n) is 7.17. The maximum atomic E-state index is 11.6. The molecule has 0 aromatic heterocycles. The van der Waals surface area contributed by atoms with E-state index in [-0.39, 0.29) is 11.4 Å². The largest absolute Gasteiger partial charge is 0.496 e. The minimum atomic E-state index is -0.191. The predicted molar refractivity (Wildman–Crippen MR) is 80.2 cm³/mol. The molecule has 1 heterocycles. The average molecular weight is 293 g/mol. The highest BCUT2D eigenvalue weighted by Crippen LogP contribution is 2.38. The van der Waals surface area contributed by atoms with E-state index in [0.717, 1.165) is 30.6 Å². The summed E-state index contributed by atoms with van der Waals surface area (Å²) in [6.07, 6.45) is 3.04. The Balaban J connectivity index is 2.36. The van der Waals surface area contributed by atoms with Gasteiger partial charge in [0, 0.05) is 23.6 Å². The summed E-state index contributed by atoms with van der Waals surface area (Å²) in [4.78, 5) is 11.6. The molecule has 1 aromatic rings. The molecule has 1 atom stereocenters. The third kappa shape index (κ3) is 3.06. The summed E-state index contributed by atoms with van der Waals surface area (Å²) in [5.41, 5.74) is 0.823. The second kappa shape index (κ2) is 6.24. The smallest absolute Gasteiger partial charge is 0.220 e. The van der Waals surface area contributed by atoms with Gasteiger partial charge >= 0.3 is 0 Å². The number of nitrogens with one attached hydrogen (secondary N) is 1. The fourth-order valence-corrected chi connectivity index (χ4v) is 2.89. The highest BCUT2D eigenvalue weighted by atomic mass is 16.5. The quantitative estimate of drug-likeness (QED) is 0.874. The molecule has 116 valence electrons. The molecule has 1 amide bonds. The van der Waals surface area contributed by atoms with Crippen LogP contribution in [0.3, 0.4) is 0 Å². The Morgan fingerprint density at radius 3 is 2.19 bits per heavy atom. The Morgan fingerprint density at radius 1 is 1.10 bits per heavy atom. The van der Waals surface area contributed by atoms with E-state index in [0.29, 0.717) is 17.9 Å². The maximum absolute atomic E-state index is 11.6. The van der Waals surface area contributed by atoms with Crippen LogP contribution in [0.4, 0.5) is 0 Å². The van der Waals surface area contributed by atoms with Crippen molar-refractivity contribution in [2.45, 2.75) is 38.1 Å². The van der Waals surface area contributed by atoms with Gasteiger partial charge in [0.15, 0.2) is 11.5 Å². The van der Waals surface area contributed by atoms with E-state index in [9.17, 15) is 4.79 Å². The molecular weight excluding hydrogens is 270 g/mol. The average Bonchev–Trinajstić information content (AvgIpc) is 2.88. The van der Waals surface area contributed by atoms with E-state index in [1.165, 1.54) is 0 Å². The Bertz CT molecular complexity index is 529. The molecule has 1 N–H and O–H groups in total. The normalized spacial score (nSPS) is 21.0. The number of hydrogen-bond acceptors (Lipinski definition) is 4. The number of benzene rings is 1. The van der Waals surface area contributed by atoms with Crippen LogP contribution in [0.25, 0.3) is 0 Å². The molecule has 1 unspecified atom stereocenters. The summed E-state index contributed by atoms with van der Waals surface area (Å²) in [6.45, 7) is 2.10. The standard InChI is InChI=1S/C16H23NO4/c1-5-16(7-6-15(18)17-16)10-11-8-13(20-3)14(21-4)9-12(11)19-2/h8-9H,5-7,10H2,1-4H3,(H,17,18). The molecule has 21 heavy (non-hydrogen) atoms. The zero-order valence-corrected chi connectivity index (χ0v) is 13.1. The van der Waals surface area contributed by atoms with E-state index in [2.05, 4.69) is 12.2 Å². The molecule has 1 saturated heterocycles. The van der Waals surface area contributed by atoms with Crippen LogP contribution >= 0.6 is 0 Å². The molecule has 0 saturated carbocycles. The highest BCUT2D eigenvalue weighted by molar-refractivity contribution is 5.79. The Labute approximate surface area is 125 Å². The van der Waals surface area contributed by atoms with Crippen molar-refractivity contribution in [2.24, 2.45) is 0 Å². The molecule has 2 rings (SSSR count). The molecule has 0 aliphatic carbocycles. The summed E-state index contributed by atoms with van der Waals surface area (Å²) in [7, 11) is 4.85. The zero-order valence-electron chi connectivity index (χ0n) is 13.1. The lowest BCUT2D eigenvalue weighted by Crippen LogP contribution is -2.43. The topological polar surface area (TPSA) is 56.8 Å². The lowest BCUT2D eigenvalue weighted by molar-refractivity contribution is -0.119. The summed E-state index contributed by atoms with van der Waals surface area (Å²) < 4.78 is 16.1. The van der Waals surface area contributed by atoms with Crippen molar-refractivity contribution < 1.29 is 19.0 Å². The lowest BCUT2D eigenvalue weighted by atomic mass is 9.86. The second-order valence-corrected chi connectivity index (χ2v) is 5.38. The zero-order chi connectivity index (χ0) is 15.5. The van der Waals surface area contributed by atoms with E-state index >= 15 is 0 Å². The van der Waals surface area contributed by atoms with Gasteiger partial charge in [0.2, 0.25) is 5.91 Å². The van der Waals surface area contributed by atoms with Crippen molar-refractivity contribution >= 4 is 5.91 Å². The van der Waals surface area contributed by atoms with Gasteiger partial charge < -0.3 is 19.5 Å². The van der Waals surface area contributed by atoms with Crippen molar-refractivity contribution in [1.82, 2.24) is 5.32 Å². The number of amides is 1. The molecule has 1 aromatic carbocycles. The lowest BCUT2D eigenvalue weighted by Gasteiger charge is -2.29. The molecular formula is C16H23NO4. The van der Waals surface area contributed by atoms with Crippen LogP contribution in [0.1, 0.15) is 31.7 Å². The molecule has 1 fully saturated rings. The van der Waals surface area contributed by atoms with Crippen LogP contribution in [-0.4, -0.2) is 32.8 Å². The first kappa shape index (κ1) is 15.5. The van der Waals surface area contributed by atoms with Gasteiger partial charge in [-0.1, -0.05) is 6.92 Å². The van der Waals surface area contributed by atoms with Crippen LogP contribution < -0.4 is 19.5 Å². The molecule has 5 heteroatoms. The highest BCUT2D eigenvalue weighted by Gasteiger charge is 2.37. The monoisotopic (exact) mass is 293 g/mol. The molecule has 0 radical (unpaired) electrons. The van der Waals surface area contributed by atoms with Crippen molar-refractivity contribution in [3.63, 3.8) is 0 Å². The number of hydrogen-bond donors (Lipinski definition) is 1. The second-order valence-electron chi connectivity index (χ2n) is 5.38. The summed E-state index contributed by atoms with van der Waals surface area (Å²) >= 11 is 0. The molecule has 0 spiro atoms. The van der Waals surface area contributed by atoms with Gasteiger partial charge in [-0.05, 0) is 25.3 Å². The third-order valence-electron chi connectivity index (χ3n) is 4.23. The van der Waals surface area contributed by atoms with Crippen LogP contribution in [0.15, 0.2) is 12.1 Å². The van der Waals surface area contributed by atoms with E-state index < -0.39 is 0 Å². The Kier molecular flexibility index (Phi) is 4.60. The van der Waals surface area contributed by atoms with Gasteiger partial charge in [0.05, 0.1) is 21.3 Å². The number of carbonyl (C=O) groups is 1. The maximum Gasteiger partial charge on any atom is 0.220 e. The van der Waals surface area contributed by atoms with Crippen molar-refractivity contribution in [3.05, 3.63) is 17.7 Å². The van der Waals surface area contributed by atoms with Gasteiger partial charge in [0.25, 0.3) is 0 Å². The minimum absolute atomic E-state index is 0.122. The fraction of sp³-hybridized carbons (Fsp3) is 0.562. The van der Waals surface area contributed by atoms with Crippen LogP contribution in [0.2, 0.25) is 0 Å². The van der Waals surface area contributed by atoms with E-state index in [4.69, 9.17) is 14.2 Å². The van der Waals surface area contributed by atoms with E-state index in [1.807, 2.05) is 12.1 Å². The van der Waals surface area contributed by atoms with Gasteiger partial charge in [-0.3, -0.25) is 4.79 Å². The van der Waals surface area contributed by atoms with Crippen LogP contribution in [-0.2, 0) is 11.2 Å². The van der Waals surface area contributed by atoms with Gasteiger partial charge in [-0.25, -0.2) is 0 Å². The third-order valence-corrected chi connectivity index (χ3v) is 4.23. The first-order chi connectivity index (χ1) is 10.1. The Hall–Kier alpha value is -1.91. The SMILES string of the molecule is CCC1(Cc2cc(OC)c(OC)cc2OC)CCC(=O)N1. The minimum Gasteiger partial charge on any atom is -0.496 e. The summed E-state index contributed by atoms with van der Waals surface area (Å²) in [5.74, 6) is 2.18. The number of methoxy groups -OCH3 is 3. The van der Waals surface area contributed by atoms with Gasteiger partial charge in [-0.15, -0.1) is 0 Å². The van der Waals surface area contributed by atoms with Crippen LogP contribution in [0, 0.1) is 0 Å².